The van der Waals surface area contributed by atoms with Gasteiger partial charge in [-0.1, -0.05) is 60.7 Å². The third kappa shape index (κ3) is 4.01. The summed E-state index contributed by atoms with van der Waals surface area (Å²) in [5.41, 5.74) is 1.17. The van der Waals surface area contributed by atoms with Gasteiger partial charge in [0.25, 0.3) is 11.8 Å². The number of rotatable bonds is 5. The predicted octanol–water partition coefficient (Wildman–Crippen LogP) is 5.12. The molecule has 0 aromatic heterocycles. The van der Waals surface area contributed by atoms with Crippen LogP contribution >= 0.6 is 0 Å². The Morgan fingerprint density at radius 3 is 1.91 bits per heavy atom. The van der Waals surface area contributed by atoms with E-state index in [0.29, 0.717) is 12.1 Å². The summed E-state index contributed by atoms with van der Waals surface area (Å²) in [5, 5.41) is 0. The van der Waals surface area contributed by atoms with Crippen LogP contribution in [0.5, 0.6) is 0 Å². The largest absolute Gasteiger partial charge is 0.416 e. The fourth-order valence-electron chi connectivity index (χ4n) is 3.71. The van der Waals surface area contributed by atoms with Crippen molar-refractivity contribution in [2.45, 2.75) is 12.7 Å². The van der Waals surface area contributed by atoms with Gasteiger partial charge in [-0.25, -0.2) is 4.90 Å². The van der Waals surface area contributed by atoms with Crippen LogP contribution < -0.4 is 4.90 Å². The number of halogens is 3. The van der Waals surface area contributed by atoms with Gasteiger partial charge in [0.1, 0.15) is 5.70 Å². The SMILES string of the molecule is CN(Cc1ccccc1)C1=C(c2ccccc2)C(=O)N(c2ccc(C(F)(F)F)cc2)C1=O. The Bertz CT molecular complexity index is 1170. The van der Waals surface area contributed by atoms with Crippen LogP contribution in [-0.2, 0) is 22.3 Å². The smallest absolute Gasteiger partial charge is 0.365 e. The molecule has 0 unspecified atom stereocenters. The molecule has 0 radical (unpaired) electrons. The lowest BCUT2D eigenvalue weighted by molar-refractivity contribution is -0.137. The van der Waals surface area contributed by atoms with E-state index in [-0.39, 0.29) is 17.0 Å². The second kappa shape index (κ2) is 8.34. The number of nitrogens with zero attached hydrogens (tertiary/aromatic N) is 2. The summed E-state index contributed by atoms with van der Waals surface area (Å²) in [5.74, 6) is -1.15. The monoisotopic (exact) mass is 436 g/mol. The Labute approximate surface area is 183 Å². The van der Waals surface area contributed by atoms with Gasteiger partial charge in [0.05, 0.1) is 16.8 Å². The van der Waals surface area contributed by atoms with Gasteiger partial charge in [0.15, 0.2) is 0 Å². The highest BCUT2D eigenvalue weighted by molar-refractivity contribution is 6.45. The Hall–Kier alpha value is -3.87. The molecule has 0 fully saturated rings. The molecule has 1 heterocycles. The van der Waals surface area contributed by atoms with E-state index in [4.69, 9.17) is 0 Å². The summed E-state index contributed by atoms with van der Waals surface area (Å²) in [7, 11) is 1.71. The zero-order valence-electron chi connectivity index (χ0n) is 17.1. The van der Waals surface area contributed by atoms with E-state index in [9.17, 15) is 22.8 Å². The molecule has 32 heavy (non-hydrogen) atoms. The van der Waals surface area contributed by atoms with Crippen LogP contribution in [0.3, 0.4) is 0 Å². The number of imide groups is 1. The fraction of sp³-hybridized carbons (Fsp3) is 0.120. The highest BCUT2D eigenvalue weighted by atomic mass is 19.4. The maximum atomic E-state index is 13.4. The van der Waals surface area contributed by atoms with Crippen molar-refractivity contribution in [1.29, 1.82) is 0 Å². The number of amides is 2. The Kier molecular flexibility index (Phi) is 5.57. The molecule has 1 aliphatic rings. The zero-order valence-corrected chi connectivity index (χ0v) is 17.1. The second-order valence-electron chi connectivity index (χ2n) is 7.42. The first-order valence-electron chi connectivity index (χ1n) is 9.88. The van der Waals surface area contributed by atoms with Gasteiger partial charge in [-0.05, 0) is 35.4 Å². The normalized spacial score (nSPS) is 14.3. The van der Waals surface area contributed by atoms with Crippen molar-refractivity contribution >= 4 is 23.1 Å². The Morgan fingerprint density at radius 1 is 0.781 bits per heavy atom. The van der Waals surface area contributed by atoms with Gasteiger partial charge in [-0.3, -0.25) is 9.59 Å². The van der Waals surface area contributed by atoms with Crippen LogP contribution in [0.2, 0.25) is 0 Å². The molecule has 0 bridgehead atoms. The van der Waals surface area contributed by atoms with Gasteiger partial charge in [-0.2, -0.15) is 13.2 Å². The highest BCUT2D eigenvalue weighted by Crippen LogP contribution is 2.36. The van der Waals surface area contributed by atoms with Crippen LogP contribution in [0.1, 0.15) is 16.7 Å². The molecule has 4 rings (SSSR count). The summed E-state index contributed by atoms with van der Waals surface area (Å²) in [6, 6.07) is 22.3. The van der Waals surface area contributed by atoms with Gasteiger partial charge in [0.2, 0.25) is 0 Å². The Morgan fingerprint density at radius 2 is 1.34 bits per heavy atom. The lowest BCUT2D eigenvalue weighted by atomic mass is 10.0. The number of carbonyl (C=O) groups excluding carboxylic acids is 2. The van der Waals surface area contributed by atoms with Crippen LogP contribution in [0, 0.1) is 0 Å². The molecule has 0 spiro atoms. The number of likely N-dealkylation sites (N-methyl/N-ethyl adjacent to an activating group) is 1. The molecule has 7 heteroatoms. The maximum Gasteiger partial charge on any atom is 0.416 e. The lowest BCUT2D eigenvalue weighted by Crippen LogP contribution is -2.34. The van der Waals surface area contributed by atoms with Crippen LogP contribution in [0.15, 0.2) is 90.6 Å². The number of benzene rings is 3. The van der Waals surface area contributed by atoms with Crippen LogP contribution in [-0.4, -0.2) is 23.8 Å². The van der Waals surface area contributed by atoms with E-state index in [1.807, 2.05) is 30.3 Å². The fourth-order valence-corrected chi connectivity index (χ4v) is 3.71. The lowest BCUT2D eigenvalue weighted by Gasteiger charge is -2.22. The quantitative estimate of drug-likeness (QED) is 0.521. The van der Waals surface area contributed by atoms with Crippen LogP contribution in [0.25, 0.3) is 5.57 Å². The summed E-state index contributed by atoms with van der Waals surface area (Å²) >= 11 is 0. The molecule has 3 aromatic rings. The molecule has 0 saturated heterocycles. The minimum absolute atomic E-state index is 0.0875. The first-order valence-corrected chi connectivity index (χ1v) is 9.88. The molecule has 0 saturated carbocycles. The van der Waals surface area contributed by atoms with Gasteiger partial charge < -0.3 is 4.90 Å². The molecule has 0 aliphatic carbocycles. The molecular weight excluding hydrogens is 417 g/mol. The van der Waals surface area contributed by atoms with E-state index in [1.54, 1.807) is 42.3 Å². The zero-order chi connectivity index (χ0) is 22.9. The average molecular weight is 436 g/mol. The third-order valence-corrected chi connectivity index (χ3v) is 5.22. The summed E-state index contributed by atoms with van der Waals surface area (Å²) in [6.07, 6.45) is -4.51. The highest BCUT2D eigenvalue weighted by Gasteiger charge is 2.42. The van der Waals surface area contributed by atoms with E-state index in [0.717, 1.165) is 34.7 Å². The van der Waals surface area contributed by atoms with E-state index in [2.05, 4.69) is 0 Å². The van der Waals surface area contributed by atoms with E-state index in [1.165, 1.54) is 0 Å². The van der Waals surface area contributed by atoms with Gasteiger partial charge >= 0.3 is 6.18 Å². The molecule has 0 atom stereocenters. The number of hydrogen-bond donors (Lipinski definition) is 0. The number of alkyl halides is 3. The minimum atomic E-state index is -4.51. The van der Waals surface area contributed by atoms with Crippen molar-refractivity contribution in [1.82, 2.24) is 4.90 Å². The van der Waals surface area contributed by atoms with Crippen molar-refractivity contribution in [2.24, 2.45) is 0 Å². The van der Waals surface area contributed by atoms with Crippen molar-refractivity contribution in [3.63, 3.8) is 0 Å². The second-order valence-corrected chi connectivity index (χ2v) is 7.42. The standard InChI is InChI=1S/C25H19F3N2O2/c1-29(16-17-8-4-2-5-9-17)22-21(18-10-6-3-7-11-18)23(31)30(24(22)32)20-14-12-19(13-15-20)25(26,27)28/h2-15H,16H2,1H3. The predicted molar refractivity (Wildman–Crippen MR) is 115 cm³/mol. The van der Waals surface area contributed by atoms with E-state index < -0.39 is 23.6 Å². The van der Waals surface area contributed by atoms with Crippen molar-refractivity contribution in [2.75, 3.05) is 11.9 Å². The number of carbonyl (C=O) groups is 2. The van der Waals surface area contributed by atoms with Gasteiger partial charge in [0, 0.05) is 13.6 Å². The topological polar surface area (TPSA) is 40.6 Å². The molecule has 3 aromatic carbocycles. The van der Waals surface area contributed by atoms with Crippen molar-refractivity contribution < 1.29 is 22.8 Å². The molecule has 0 N–H and O–H groups in total. The summed E-state index contributed by atoms with van der Waals surface area (Å²) in [6.45, 7) is 0.381. The minimum Gasteiger partial charge on any atom is -0.365 e. The summed E-state index contributed by atoms with van der Waals surface area (Å²) in [4.78, 5) is 29.4. The van der Waals surface area contributed by atoms with E-state index >= 15 is 0 Å². The molecule has 4 nitrogen and oxygen atoms in total. The molecule has 162 valence electrons. The first kappa shape index (κ1) is 21.4. The van der Waals surface area contributed by atoms with Crippen molar-refractivity contribution in [3.8, 4) is 0 Å². The molecule has 1 aliphatic heterocycles. The third-order valence-electron chi connectivity index (χ3n) is 5.22. The first-order chi connectivity index (χ1) is 15.3. The Balaban J connectivity index is 1.75. The van der Waals surface area contributed by atoms with Crippen molar-refractivity contribution in [3.05, 3.63) is 107 Å². The number of hydrogen-bond acceptors (Lipinski definition) is 3. The van der Waals surface area contributed by atoms with Crippen LogP contribution in [0.4, 0.5) is 18.9 Å². The number of anilines is 1. The molecular formula is C25H19F3N2O2. The summed E-state index contributed by atoms with van der Waals surface area (Å²) < 4.78 is 38.8. The maximum absolute atomic E-state index is 13.4. The average Bonchev–Trinajstić information content (AvgIpc) is 3.04. The molecule has 2 amide bonds. The van der Waals surface area contributed by atoms with Gasteiger partial charge in [-0.15, -0.1) is 0 Å².